The van der Waals surface area contributed by atoms with Crippen LogP contribution in [0, 0.1) is 13.8 Å². The summed E-state index contributed by atoms with van der Waals surface area (Å²) in [5.41, 5.74) is 3.78. The van der Waals surface area contributed by atoms with Gasteiger partial charge in [0, 0.05) is 28.3 Å². The Kier molecular flexibility index (Phi) is 6.79. The minimum absolute atomic E-state index is 0.186. The van der Waals surface area contributed by atoms with E-state index >= 15 is 0 Å². The lowest BCUT2D eigenvalue weighted by Crippen LogP contribution is -2.12. The highest BCUT2D eigenvalue weighted by atomic mass is 16.5. The molecule has 0 spiro atoms. The van der Waals surface area contributed by atoms with E-state index in [-0.39, 0.29) is 5.91 Å². The smallest absolute Gasteiger partial charge is 0.255 e. The van der Waals surface area contributed by atoms with Crippen LogP contribution in [-0.2, 0) is 0 Å². The molecule has 6 nitrogen and oxygen atoms in total. The van der Waals surface area contributed by atoms with Crippen molar-refractivity contribution in [2.75, 3.05) is 17.2 Å². The van der Waals surface area contributed by atoms with Gasteiger partial charge in [-0.3, -0.25) is 4.79 Å². The number of amides is 1. The minimum atomic E-state index is -0.186. The Bertz CT molecular complexity index is 951. The first-order chi connectivity index (χ1) is 14.0. The van der Waals surface area contributed by atoms with Crippen LogP contribution in [0.4, 0.5) is 17.3 Å². The van der Waals surface area contributed by atoms with Crippen molar-refractivity contribution in [2.45, 2.75) is 33.6 Å². The first-order valence-corrected chi connectivity index (χ1v) is 9.77. The monoisotopic (exact) mass is 390 g/mol. The van der Waals surface area contributed by atoms with E-state index in [4.69, 9.17) is 4.74 Å². The van der Waals surface area contributed by atoms with E-state index in [1.165, 1.54) is 0 Å². The van der Waals surface area contributed by atoms with E-state index in [1.54, 1.807) is 12.1 Å². The van der Waals surface area contributed by atoms with Gasteiger partial charge in [-0.25, -0.2) is 9.97 Å². The molecule has 0 saturated carbocycles. The van der Waals surface area contributed by atoms with Crippen molar-refractivity contribution in [2.24, 2.45) is 0 Å². The van der Waals surface area contributed by atoms with Crippen LogP contribution in [-0.4, -0.2) is 22.5 Å². The highest BCUT2D eigenvalue weighted by molar-refractivity contribution is 6.04. The first-order valence-electron chi connectivity index (χ1n) is 9.77. The minimum Gasteiger partial charge on any atom is -0.494 e. The summed E-state index contributed by atoms with van der Waals surface area (Å²) in [4.78, 5) is 21.4. The van der Waals surface area contributed by atoms with Gasteiger partial charge in [-0.15, -0.1) is 0 Å². The molecule has 3 rings (SSSR count). The summed E-state index contributed by atoms with van der Waals surface area (Å²) in [7, 11) is 0. The second-order valence-electron chi connectivity index (χ2n) is 6.86. The van der Waals surface area contributed by atoms with Gasteiger partial charge in [-0.05, 0) is 68.8 Å². The van der Waals surface area contributed by atoms with Gasteiger partial charge in [-0.2, -0.15) is 0 Å². The van der Waals surface area contributed by atoms with Gasteiger partial charge in [0.15, 0.2) is 0 Å². The highest BCUT2D eigenvalue weighted by Gasteiger charge is 2.08. The van der Waals surface area contributed by atoms with Crippen molar-refractivity contribution in [1.82, 2.24) is 9.97 Å². The van der Waals surface area contributed by atoms with Crippen LogP contribution < -0.4 is 15.4 Å². The van der Waals surface area contributed by atoms with Gasteiger partial charge < -0.3 is 15.4 Å². The Morgan fingerprint density at radius 1 is 0.966 bits per heavy atom. The molecule has 0 bridgehead atoms. The molecule has 29 heavy (non-hydrogen) atoms. The van der Waals surface area contributed by atoms with Crippen molar-refractivity contribution in [3.8, 4) is 5.75 Å². The van der Waals surface area contributed by atoms with Crippen molar-refractivity contribution in [3.63, 3.8) is 0 Å². The van der Waals surface area contributed by atoms with E-state index in [0.717, 1.165) is 35.7 Å². The summed E-state index contributed by atoms with van der Waals surface area (Å²) in [6.07, 6.45) is 2.12. The molecule has 0 atom stereocenters. The molecule has 1 amide bonds. The van der Waals surface area contributed by atoms with Gasteiger partial charge >= 0.3 is 0 Å². The van der Waals surface area contributed by atoms with Gasteiger partial charge in [0.1, 0.15) is 5.75 Å². The number of anilines is 3. The first kappa shape index (κ1) is 20.3. The van der Waals surface area contributed by atoms with Crippen LogP contribution in [0.15, 0.2) is 54.6 Å². The number of nitrogens with one attached hydrogen (secondary N) is 2. The highest BCUT2D eigenvalue weighted by Crippen LogP contribution is 2.19. The number of benzene rings is 2. The van der Waals surface area contributed by atoms with Crippen LogP contribution in [0.25, 0.3) is 0 Å². The largest absolute Gasteiger partial charge is 0.494 e. The lowest BCUT2D eigenvalue weighted by Gasteiger charge is -2.10. The average Bonchev–Trinajstić information content (AvgIpc) is 2.69. The summed E-state index contributed by atoms with van der Waals surface area (Å²) >= 11 is 0. The Morgan fingerprint density at radius 2 is 1.69 bits per heavy atom. The predicted molar refractivity (Wildman–Crippen MR) is 116 cm³/mol. The number of rotatable bonds is 8. The number of aryl methyl sites for hydroxylation is 2. The molecule has 2 N–H and O–H groups in total. The van der Waals surface area contributed by atoms with E-state index in [0.29, 0.717) is 23.8 Å². The molecule has 150 valence electrons. The Labute approximate surface area is 171 Å². The third-order valence-electron chi connectivity index (χ3n) is 4.24. The maximum Gasteiger partial charge on any atom is 0.255 e. The summed E-state index contributed by atoms with van der Waals surface area (Å²) in [5, 5.41) is 6.07. The molecule has 6 heteroatoms. The maximum atomic E-state index is 12.6. The van der Waals surface area contributed by atoms with Crippen molar-refractivity contribution < 1.29 is 9.53 Å². The Hall–Kier alpha value is -3.41. The normalized spacial score (nSPS) is 10.4. The van der Waals surface area contributed by atoms with Crippen LogP contribution >= 0.6 is 0 Å². The fourth-order valence-corrected chi connectivity index (χ4v) is 2.82. The molecule has 0 aliphatic carbocycles. The molecule has 0 fully saturated rings. The molecular weight excluding hydrogens is 364 g/mol. The number of unbranched alkanes of at least 4 members (excludes halogenated alkanes) is 1. The van der Waals surface area contributed by atoms with Crippen molar-refractivity contribution >= 4 is 23.2 Å². The average molecular weight is 390 g/mol. The molecule has 0 aliphatic rings. The molecule has 0 saturated heterocycles. The zero-order valence-electron chi connectivity index (χ0n) is 17.0. The summed E-state index contributed by atoms with van der Waals surface area (Å²) in [6, 6.07) is 16.6. The molecular formula is C23H26N4O2. The number of nitrogens with zero attached hydrogens (tertiary/aromatic N) is 2. The van der Waals surface area contributed by atoms with Crippen LogP contribution in [0.1, 0.15) is 41.5 Å². The number of hydrogen-bond acceptors (Lipinski definition) is 5. The van der Waals surface area contributed by atoms with Gasteiger partial charge in [0.2, 0.25) is 5.95 Å². The van der Waals surface area contributed by atoms with Gasteiger partial charge in [-0.1, -0.05) is 19.4 Å². The molecule has 0 unspecified atom stereocenters. The number of carbonyl (C=O) groups is 1. The third kappa shape index (κ3) is 6.04. The Balaban J connectivity index is 1.64. The van der Waals surface area contributed by atoms with E-state index in [9.17, 15) is 4.79 Å². The van der Waals surface area contributed by atoms with E-state index < -0.39 is 0 Å². The Morgan fingerprint density at radius 3 is 2.38 bits per heavy atom. The number of ether oxygens (including phenoxy) is 1. The maximum absolute atomic E-state index is 12.6. The second-order valence-corrected chi connectivity index (χ2v) is 6.86. The van der Waals surface area contributed by atoms with Crippen LogP contribution in [0.5, 0.6) is 5.75 Å². The topological polar surface area (TPSA) is 76.1 Å². The number of hydrogen-bond donors (Lipinski definition) is 2. The lowest BCUT2D eigenvalue weighted by atomic mass is 10.2. The van der Waals surface area contributed by atoms with E-state index in [1.807, 2.05) is 56.3 Å². The second kappa shape index (κ2) is 9.68. The van der Waals surface area contributed by atoms with Crippen molar-refractivity contribution in [3.05, 3.63) is 71.5 Å². The predicted octanol–water partition coefficient (Wildman–Crippen LogP) is 5.27. The summed E-state index contributed by atoms with van der Waals surface area (Å²) in [6.45, 7) is 6.67. The molecule has 1 aromatic heterocycles. The van der Waals surface area contributed by atoms with Crippen LogP contribution in [0.3, 0.4) is 0 Å². The quantitative estimate of drug-likeness (QED) is 0.513. The summed E-state index contributed by atoms with van der Waals surface area (Å²) < 4.78 is 5.65. The van der Waals surface area contributed by atoms with Gasteiger partial charge in [0.05, 0.1) is 6.61 Å². The summed E-state index contributed by atoms with van der Waals surface area (Å²) in [5.74, 6) is 1.13. The molecule has 1 heterocycles. The zero-order valence-corrected chi connectivity index (χ0v) is 17.0. The molecule has 3 aromatic rings. The van der Waals surface area contributed by atoms with E-state index in [2.05, 4.69) is 27.5 Å². The number of aromatic nitrogens is 2. The fourth-order valence-electron chi connectivity index (χ4n) is 2.82. The number of carbonyl (C=O) groups excluding carboxylic acids is 1. The van der Waals surface area contributed by atoms with Crippen molar-refractivity contribution in [1.29, 1.82) is 0 Å². The molecule has 0 radical (unpaired) electrons. The lowest BCUT2D eigenvalue weighted by molar-refractivity contribution is 0.102. The SMILES string of the molecule is CCCCOc1ccc(NC(=O)c2cccc(Nc3nc(C)cc(C)n3)c2)cc1. The fraction of sp³-hybridized carbons (Fsp3) is 0.261. The molecule has 2 aromatic carbocycles. The zero-order chi connectivity index (χ0) is 20.6. The third-order valence-corrected chi connectivity index (χ3v) is 4.24. The van der Waals surface area contributed by atoms with Crippen LogP contribution in [0.2, 0.25) is 0 Å². The molecule has 0 aliphatic heterocycles. The van der Waals surface area contributed by atoms with Gasteiger partial charge in [0.25, 0.3) is 5.91 Å². The standard InChI is InChI=1S/C23H26N4O2/c1-4-5-13-29-21-11-9-19(10-12-21)26-22(28)18-7-6-8-20(15-18)27-23-24-16(2)14-17(3)25-23/h6-12,14-15H,4-5,13H2,1-3H3,(H,26,28)(H,24,25,27).